The molecule has 0 saturated carbocycles. The van der Waals surface area contributed by atoms with Crippen LogP contribution in [0.25, 0.3) is 0 Å². The number of nitrogens with one attached hydrogen (secondary N) is 1. The fourth-order valence-electron chi connectivity index (χ4n) is 1.72. The lowest BCUT2D eigenvalue weighted by Crippen LogP contribution is -2.16. The van der Waals surface area contributed by atoms with Gasteiger partial charge in [0.05, 0.1) is 5.56 Å². The lowest BCUT2D eigenvalue weighted by Gasteiger charge is -2.11. The van der Waals surface area contributed by atoms with E-state index in [-0.39, 0.29) is 5.56 Å². The lowest BCUT2D eigenvalue weighted by atomic mass is 10.1. The summed E-state index contributed by atoms with van der Waals surface area (Å²) in [6.45, 7) is 0.300. The smallest absolute Gasteiger partial charge is 0.259 e. The van der Waals surface area contributed by atoms with Crippen molar-refractivity contribution in [3.05, 3.63) is 63.9 Å². The molecule has 3 N–H and O–H groups in total. The van der Waals surface area contributed by atoms with Crippen LogP contribution in [0.5, 0.6) is 0 Å². The number of amides is 1. The Morgan fingerprint density at radius 2 is 1.95 bits per heavy atom. The minimum Gasteiger partial charge on any atom is -0.326 e. The lowest BCUT2D eigenvalue weighted by molar-refractivity contribution is 0.102. The normalized spacial score (nSPS) is 10.3. The Bertz CT molecular complexity index is 596. The summed E-state index contributed by atoms with van der Waals surface area (Å²) in [6.07, 6.45) is 0. The molecule has 0 unspecified atom stereocenters. The first-order valence-electron chi connectivity index (χ1n) is 5.67. The van der Waals surface area contributed by atoms with Crippen molar-refractivity contribution < 1.29 is 9.18 Å². The highest BCUT2D eigenvalue weighted by molar-refractivity contribution is 9.10. The van der Waals surface area contributed by atoms with Gasteiger partial charge in [0.2, 0.25) is 0 Å². The first kappa shape index (κ1) is 13.7. The van der Waals surface area contributed by atoms with Crippen LogP contribution < -0.4 is 11.1 Å². The van der Waals surface area contributed by atoms with E-state index < -0.39 is 11.7 Å². The van der Waals surface area contributed by atoms with Gasteiger partial charge in [-0.25, -0.2) is 4.39 Å². The van der Waals surface area contributed by atoms with E-state index in [1.54, 1.807) is 18.2 Å². The van der Waals surface area contributed by atoms with Gasteiger partial charge in [-0.1, -0.05) is 24.3 Å². The summed E-state index contributed by atoms with van der Waals surface area (Å²) in [5, 5.41) is 2.67. The molecule has 0 atom stereocenters. The summed E-state index contributed by atoms with van der Waals surface area (Å²) < 4.78 is 14.1. The van der Waals surface area contributed by atoms with Crippen LogP contribution in [0.3, 0.4) is 0 Å². The number of rotatable bonds is 3. The molecule has 0 aliphatic rings. The first-order valence-corrected chi connectivity index (χ1v) is 6.46. The van der Waals surface area contributed by atoms with Crippen LogP contribution in [0, 0.1) is 5.82 Å². The standard InChI is InChI=1S/C14H12BrFN2O/c15-10-5-3-6-11(16)13(10)14(19)18-12-7-2-1-4-9(12)8-17/h1-7H,8,17H2,(H,18,19). The highest BCUT2D eigenvalue weighted by Gasteiger charge is 2.16. The third kappa shape index (κ3) is 3.00. The molecule has 3 nitrogen and oxygen atoms in total. The number of carbonyl (C=O) groups excluding carboxylic acids is 1. The van der Waals surface area contributed by atoms with Crippen molar-refractivity contribution in [2.24, 2.45) is 5.73 Å². The van der Waals surface area contributed by atoms with Gasteiger partial charge >= 0.3 is 0 Å². The van der Waals surface area contributed by atoms with E-state index in [4.69, 9.17) is 5.73 Å². The van der Waals surface area contributed by atoms with E-state index in [0.717, 1.165) is 5.56 Å². The molecule has 98 valence electrons. The Balaban J connectivity index is 2.31. The van der Waals surface area contributed by atoms with Crippen molar-refractivity contribution in [3.63, 3.8) is 0 Å². The molecule has 2 rings (SSSR count). The molecular formula is C14H12BrFN2O. The van der Waals surface area contributed by atoms with Crippen molar-refractivity contribution in [2.75, 3.05) is 5.32 Å². The maximum absolute atomic E-state index is 13.7. The quantitative estimate of drug-likeness (QED) is 0.911. The van der Waals surface area contributed by atoms with Crippen LogP contribution in [0.1, 0.15) is 15.9 Å². The molecule has 0 fully saturated rings. The van der Waals surface area contributed by atoms with Crippen LogP contribution >= 0.6 is 15.9 Å². The maximum atomic E-state index is 13.7. The van der Waals surface area contributed by atoms with Gasteiger partial charge < -0.3 is 11.1 Å². The molecule has 0 saturated heterocycles. The van der Waals surface area contributed by atoms with Crippen LogP contribution in [0.2, 0.25) is 0 Å². The highest BCUT2D eigenvalue weighted by atomic mass is 79.9. The summed E-state index contributed by atoms with van der Waals surface area (Å²) >= 11 is 3.17. The first-order chi connectivity index (χ1) is 9.13. The van der Waals surface area contributed by atoms with Crippen molar-refractivity contribution in [1.82, 2.24) is 0 Å². The molecule has 0 aromatic heterocycles. The minimum atomic E-state index is -0.572. The molecule has 0 spiro atoms. The van der Waals surface area contributed by atoms with Crippen molar-refractivity contribution in [1.29, 1.82) is 0 Å². The third-order valence-electron chi connectivity index (χ3n) is 2.68. The predicted octanol–water partition coefficient (Wildman–Crippen LogP) is 3.30. The van der Waals surface area contributed by atoms with Gasteiger partial charge in [-0.2, -0.15) is 0 Å². The zero-order valence-electron chi connectivity index (χ0n) is 9.99. The number of carbonyl (C=O) groups is 1. The monoisotopic (exact) mass is 322 g/mol. The van der Waals surface area contributed by atoms with Gasteiger partial charge in [0.25, 0.3) is 5.91 Å². The molecule has 0 heterocycles. The molecule has 2 aromatic rings. The summed E-state index contributed by atoms with van der Waals surface area (Å²) in [5.41, 5.74) is 6.95. The molecule has 0 radical (unpaired) electrons. The number of hydrogen-bond acceptors (Lipinski definition) is 2. The van der Waals surface area contributed by atoms with Crippen LogP contribution in [-0.2, 0) is 6.54 Å². The number of nitrogens with two attached hydrogens (primary N) is 1. The molecule has 5 heteroatoms. The molecular weight excluding hydrogens is 311 g/mol. The van der Waals surface area contributed by atoms with Crippen molar-refractivity contribution in [3.8, 4) is 0 Å². The van der Waals surface area contributed by atoms with Gasteiger partial charge in [0.15, 0.2) is 0 Å². The second kappa shape index (κ2) is 5.95. The van der Waals surface area contributed by atoms with Gasteiger partial charge in [-0.3, -0.25) is 4.79 Å². The summed E-state index contributed by atoms with van der Waals surface area (Å²) in [7, 11) is 0. The molecule has 19 heavy (non-hydrogen) atoms. The molecule has 0 bridgehead atoms. The van der Waals surface area contributed by atoms with Gasteiger partial charge in [0, 0.05) is 16.7 Å². The minimum absolute atomic E-state index is 0.0191. The van der Waals surface area contributed by atoms with E-state index in [1.165, 1.54) is 12.1 Å². The summed E-state index contributed by atoms with van der Waals surface area (Å²) in [6, 6.07) is 11.5. The summed E-state index contributed by atoms with van der Waals surface area (Å²) in [4.78, 5) is 12.1. The summed E-state index contributed by atoms with van der Waals surface area (Å²) in [5.74, 6) is -1.08. The second-order valence-electron chi connectivity index (χ2n) is 3.91. The average Bonchev–Trinajstić information content (AvgIpc) is 2.39. The van der Waals surface area contributed by atoms with E-state index in [9.17, 15) is 9.18 Å². The Morgan fingerprint density at radius 1 is 1.21 bits per heavy atom. The maximum Gasteiger partial charge on any atom is 0.259 e. The van der Waals surface area contributed by atoms with Crippen LogP contribution in [0.15, 0.2) is 46.9 Å². The van der Waals surface area contributed by atoms with Gasteiger partial charge in [-0.05, 0) is 39.7 Å². The Kier molecular flexibility index (Phi) is 4.29. The predicted molar refractivity (Wildman–Crippen MR) is 76.4 cm³/mol. The molecule has 0 aliphatic carbocycles. The van der Waals surface area contributed by atoms with Crippen LogP contribution in [0.4, 0.5) is 10.1 Å². The number of anilines is 1. The van der Waals surface area contributed by atoms with E-state index in [0.29, 0.717) is 16.7 Å². The van der Waals surface area contributed by atoms with Crippen LogP contribution in [-0.4, -0.2) is 5.91 Å². The SMILES string of the molecule is NCc1ccccc1NC(=O)c1c(F)cccc1Br. The number of benzene rings is 2. The largest absolute Gasteiger partial charge is 0.326 e. The zero-order chi connectivity index (χ0) is 13.8. The topological polar surface area (TPSA) is 55.1 Å². The van der Waals surface area contributed by atoms with Crippen molar-refractivity contribution >= 4 is 27.5 Å². The van der Waals surface area contributed by atoms with E-state index in [2.05, 4.69) is 21.2 Å². The number of para-hydroxylation sites is 1. The molecule has 2 aromatic carbocycles. The fraction of sp³-hybridized carbons (Fsp3) is 0.0714. The van der Waals surface area contributed by atoms with E-state index >= 15 is 0 Å². The van der Waals surface area contributed by atoms with Crippen molar-refractivity contribution in [2.45, 2.75) is 6.54 Å². The third-order valence-corrected chi connectivity index (χ3v) is 3.34. The number of hydrogen-bond donors (Lipinski definition) is 2. The fourth-order valence-corrected chi connectivity index (χ4v) is 2.24. The Morgan fingerprint density at radius 3 is 2.63 bits per heavy atom. The number of halogens is 2. The zero-order valence-corrected chi connectivity index (χ0v) is 11.6. The average molecular weight is 323 g/mol. The Labute approximate surface area is 118 Å². The highest BCUT2D eigenvalue weighted by Crippen LogP contribution is 2.22. The second-order valence-corrected chi connectivity index (χ2v) is 4.77. The van der Waals surface area contributed by atoms with Gasteiger partial charge in [-0.15, -0.1) is 0 Å². The van der Waals surface area contributed by atoms with E-state index in [1.807, 2.05) is 12.1 Å². The molecule has 0 aliphatic heterocycles. The molecule has 1 amide bonds. The Hall–Kier alpha value is -1.72. The van der Waals surface area contributed by atoms with Gasteiger partial charge in [0.1, 0.15) is 5.82 Å².